The van der Waals surface area contributed by atoms with Gasteiger partial charge in [-0.05, 0) is 81.1 Å². The molecule has 0 saturated heterocycles. The van der Waals surface area contributed by atoms with Gasteiger partial charge in [0.1, 0.15) is 30.3 Å². The number of hydrogen-bond acceptors (Lipinski definition) is 8. The maximum absolute atomic E-state index is 13.6. The Bertz CT molecular complexity index is 1410. The van der Waals surface area contributed by atoms with Gasteiger partial charge in [-0.25, -0.2) is 0 Å². The Morgan fingerprint density at radius 3 is 1.91 bits per heavy atom. The molecule has 4 amide bonds. The van der Waals surface area contributed by atoms with Crippen LogP contribution in [0.4, 0.5) is 0 Å². The summed E-state index contributed by atoms with van der Waals surface area (Å²) < 4.78 is 0. The maximum Gasteiger partial charge on any atom is 0.322 e. The van der Waals surface area contributed by atoms with Crippen LogP contribution in [0.15, 0.2) is 33.9 Å². The van der Waals surface area contributed by atoms with Crippen LogP contribution < -0.4 is 21.3 Å². The third-order valence-corrected chi connectivity index (χ3v) is 10.3. The largest absolute Gasteiger partial charge is 0.480 e. The Balaban J connectivity index is 1.73. The summed E-state index contributed by atoms with van der Waals surface area (Å²) in [5.41, 5.74) is 2.29. The number of carbonyl (C=O) groups excluding carboxylic acids is 5. The fourth-order valence-corrected chi connectivity index (χ4v) is 7.71. The highest BCUT2D eigenvalue weighted by Gasteiger charge is 2.65. The highest BCUT2D eigenvalue weighted by Crippen LogP contribution is 2.65. The van der Waals surface area contributed by atoms with Gasteiger partial charge in [0.2, 0.25) is 23.6 Å². The van der Waals surface area contributed by atoms with Gasteiger partial charge in [-0.2, -0.15) is 11.8 Å². The van der Waals surface area contributed by atoms with E-state index < -0.39 is 65.3 Å². The quantitative estimate of drug-likeness (QED) is 0.142. The van der Waals surface area contributed by atoms with Crippen LogP contribution in [0.25, 0.3) is 0 Å². The molecule has 0 aromatic heterocycles. The minimum absolute atomic E-state index is 0.00624. The highest BCUT2D eigenvalue weighted by molar-refractivity contribution is 7.99. The van der Waals surface area contributed by atoms with Crippen molar-refractivity contribution in [2.75, 3.05) is 18.1 Å². The first-order chi connectivity index (χ1) is 21.8. The summed E-state index contributed by atoms with van der Waals surface area (Å²) in [6, 6.07) is -2.99. The van der Waals surface area contributed by atoms with Crippen LogP contribution in [-0.2, 0) is 28.8 Å². The van der Waals surface area contributed by atoms with Gasteiger partial charge >= 0.3 is 5.97 Å². The summed E-state index contributed by atoms with van der Waals surface area (Å²) >= 11 is 1.41. The van der Waals surface area contributed by atoms with E-state index in [1.54, 1.807) is 6.92 Å². The van der Waals surface area contributed by atoms with Gasteiger partial charge < -0.3 is 31.5 Å². The predicted octanol–water partition coefficient (Wildman–Crippen LogP) is 2.17. The normalized spacial score (nSPS) is 21.7. The monoisotopic (exact) mass is 674 g/mol. The second-order valence-corrected chi connectivity index (χ2v) is 15.0. The number of Topliss-reactive ketones (excluding diaryl/α,β-unsaturated/α-hetero) is 1. The van der Waals surface area contributed by atoms with E-state index in [1.165, 1.54) is 18.7 Å². The van der Waals surface area contributed by atoms with Gasteiger partial charge in [-0.3, -0.25) is 28.8 Å². The number of aliphatic carboxylic acids is 1. The van der Waals surface area contributed by atoms with Gasteiger partial charge in [0, 0.05) is 29.4 Å². The van der Waals surface area contributed by atoms with E-state index in [1.807, 2.05) is 47.6 Å². The molecule has 0 unspecified atom stereocenters. The maximum atomic E-state index is 13.6. The first kappa shape index (κ1) is 38.0. The fraction of sp³-hybridized carbons (Fsp3) is 0.647. The van der Waals surface area contributed by atoms with E-state index in [2.05, 4.69) is 21.3 Å². The number of hydrogen-bond donors (Lipinski definition) is 6. The Hall–Kier alpha value is -3.45. The van der Waals surface area contributed by atoms with Crippen LogP contribution in [0.5, 0.6) is 0 Å². The zero-order valence-corrected chi connectivity index (χ0v) is 29.5. The van der Waals surface area contributed by atoms with Crippen molar-refractivity contribution in [3.05, 3.63) is 33.9 Å². The summed E-state index contributed by atoms with van der Waals surface area (Å²) in [5, 5.41) is 30.5. The van der Waals surface area contributed by atoms with Crippen molar-refractivity contribution in [3.63, 3.8) is 0 Å². The number of amides is 4. The number of nitrogens with one attached hydrogen (secondary N) is 4. The van der Waals surface area contributed by atoms with E-state index in [0.717, 1.165) is 35.1 Å². The van der Waals surface area contributed by atoms with Gasteiger partial charge in [0.15, 0.2) is 5.78 Å². The number of aliphatic hydroxyl groups is 1. The zero-order valence-electron chi connectivity index (χ0n) is 28.7. The average Bonchev–Trinajstić information content (AvgIpc) is 3.71. The van der Waals surface area contributed by atoms with Crippen molar-refractivity contribution < 1.29 is 39.0 Å². The summed E-state index contributed by atoms with van der Waals surface area (Å²) in [6.45, 7) is 13.7. The van der Waals surface area contributed by atoms with Crippen LogP contribution >= 0.6 is 11.8 Å². The first-order valence-electron chi connectivity index (χ1n) is 16.2. The number of carboxylic acids is 1. The molecular formula is C34H50N4O8S. The number of allylic oxidation sites excluding steroid dienone is 3. The molecule has 13 heteroatoms. The molecule has 1 saturated carbocycles. The molecule has 0 aromatic carbocycles. The SMILES string of the molecule is CC(=O)N[C@H](CSCC1=C(C)C=C2C(=O)[C@](C)(O)C3(CC3)C(C)=C21)C(=O)N[C@@H](CC(C)C)C(=O)N[C@@H](CC(C)C)C(=O)NCC(=O)O. The predicted molar refractivity (Wildman–Crippen MR) is 179 cm³/mol. The number of fused-ring (bicyclic) bond motifs is 1. The molecule has 1 fully saturated rings. The third kappa shape index (κ3) is 8.72. The van der Waals surface area contributed by atoms with Crippen LogP contribution in [-0.4, -0.2) is 87.4 Å². The van der Waals surface area contributed by atoms with E-state index >= 15 is 0 Å². The molecule has 0 heterocycles. The number of thioether (sulfide) groups is 1. The minimum atomic E-state index is -1.44. The molecule has 12 nitrogen and oxygen atoms in total. The lowest BCUT2D eigenvalue weighted by Gasteiger charge is -2.39. The Morgan fingerprint density at radius 2 is 1.43 bits per heavy atom. The molecule has 260 valence electrons. The summed E-state index contributed by atoms with van der Waals surface area (Å²) in [4.78, 5) is 76.1. The van der Waals surface area contributed by atoms with E-state index in [9.17, 15) is 33.9 Å². The molecule has 1 spiro atoms. The number of rotatable bonds is 16. The Labute approximate surface area is 281 Å². The van der Waals surface area contributed by atoms with Gasteiger partial charge in [0.05, 0.1) is 0 Å². The third-order valence-electron chi connectivity index (χ3n) is 9.19. The first-order valence-corrected chi connectivity index (χ1v) is 17.3. The van der Waals surface area contributed by atoms with E-state index in [-0.39, 0.29) is 36.2 Å². The fourth-order valence-electron chi connectivity index (χ4n) is 6.54. The molecule has 3 aliphatic carbocycles. The van der Waals surface area contributed by atoms with Crippen molar-refractivity contribution in [2.24, 2.45) is 17.3 Å². The molecule has 0 aliphatic heterocycles. The Kier molecular flexibility index (Phi) is 12.3. The lowest BCUT2D eigenvalue weighted by molar-refractivity contribution is -0.138. The van der Waals surface area contributed by atoms with Crippen molar-refractivity contribution in [3.8, 4) is 0 Å². The van der Waals surface area contributed by atoms with Gasteiger partial charge in [0.25, 0.3) is 0 Å². The molecule has 47 heavy (non-hydrogen) atoms. The van der Waals surface area contributed by atoms with Crippen LogP contribution in [0.2, 0.25) is 0 Å². The smallest absolute Gasteiger partial charge is 0.322 e. The lowest BCUT2D eigenvalue weighted by atomic mass is 9.67. The van der Waals surface area contributed by atoms with Crippen molar-refractivity contribution in [1.82, 2.24) is 21.3 Å². The van der Waals surface area contributed by atoms with Gasteiger partial charge in [-0.15, -0.1) is 0 Å². The molecular weight excluding hydrogens is 624 g/mol. The second kappa shape index (κ2) is 15.2. The molecule has 0 bridgehead atoms. The molecule has 3 rings (SSSR count). The standard InChI is InChI=1S/C34H50N4O8S/c1-17(2)11-24(30(43)35-14-27(40)41)37-31(44)25(12-18(3)4)38-32(45)26(36-21(7)39)16-47-15-23-19(5)13-22-28(23)20(6)34(9-10-34)33(8,46)29(22)42/h13,17-18,24-26,46H,9-12,14-16H2,1-8H3,(H,35,43)(H,36,39)(H,37,44)(H,38,45)(H,40,41)/t24-,25-,26+,33-/m0/s1. The number of ketones is 1. The minimum Gasteiger partial charge on any atom is -0.480 e. The lowest BCUT2D eigenvalue weighted by Crippen LogP contribution is -2.57. The van der Waals surface area contributed by atoms with E-state index in [0.29, 0.717) is 11.3 Å². The molecule has 6 N–H and O–H groups in total. The van der Waals surface area contributed by atoms with Crippen molar-refractivity contribution >= 4 is 47.1 Å². The second-order valence-electron chi connectivity index (χ2n) is 14.0. The number of carbonyl (C=O) groups is 6. The van der Waals surface area contributed by atoms with Crippen LogP contribution in [0.1, 0.15) is 81.1 Å². The highest BCUT2D eigenvalue weighted by atomic mass is 32.2. The van der Waals surface area contributed by atoms with E-state index in [4.69, 9.17) is 5.11 Å². The zero-order chi connectivity index (χ0) is 35.4. The van der Waals surface area contributed by atoms with Crippen molar-refractivity contribution in [1.29, 1.82) is 0 Å². The average molecular weight is 675 g/mol. The molecule has 3 aliphatic rings. The summed E-state index contributed by atoms with van der Waals surface area (Å²) in [5.74, 6) is -3.03. The molecule has 0 radical (unpaired) electrons. The van der Waals surface area contributed by atoms with Gasteiger partial charge in [-0.1, -0.05) is 33.3 Å². The topological polar surface area (TPSA) is 191 Å². The Morgan fingerprint density at radius 1 is 0.894 bits per heavy atom. The molecule has 0 aromatic rings. The van der Waals surface area contributed by atoms with Crippen LogP contribution in [0, 0.1) is 17.3 Å². The summed E-state index contributed by atoms with van der Waals surface area (Å²) in [7, 11) is 0. The molecule has 4 atom stereocenters. The van der Waals surface area contributed by atoms with Crippen molar-refractivity contribution in [2.45, 2.75) is 105 Å². The summed E-state index contributed by atoms with van der Waals surface area (Å²) in [6.07, 6.45) is 3.83. The van der Waals surface area contributed by atoms with Crippen LogP contribution in [0.3, 0.4) is 0 Å². The number of carboxylic acid groups (broad SMARTS) is 1.